The highest BCUT2D eigenvalue weighted by molar-refractivity contribution is 7.99. The van der Waals surface area contributed by atoms with Crippen LogP contribution >= 0.6 is 23.1 Å². The van der Waals surface area contributed by atoms with Gasteiger partial charge in [0.25, 0.3) is 5.56 Å². The van der Waals surface area contributed by atoms with E-state index in [4.69, 9.17) is 0 Å². The predicted molar refractivity (Wildman–Crippen MR) is 126 cm³/mol. The lowest BCUT2D eigenvalue weighted by molar-refractivity contribution is -0.114. The number of rotatable bonds is 6. The molecule has 1 amide bonds. The third-order valence-electron chi connectivity index (χ3n) is 4.65. The van der Waals surface area contributed by atoms with Gasteiger partial charge in [0.05, 0.1) is 11.1 Å². The zero-order valence-corrected chi connectivity index (χ0v) is 18.5. The van der Waals surface area contributed by atoms with Crippen LogP contribution in [-0.4, -0.2) is 27.4 Å². The average molecular weight is 450 g/mol. The second-order valence-corrected chi connectivity index (χ2v) is 9.09. The van der Waals surface area contributed by atoms with Gasteiger partial charge in [-0.15, -0.1) is 11.3 Å². The average Bonchev–Trinajstić information content (AvgIpc) is 3.09. The highest BCUT2D eigenvalue weighted by atomic mass is 32.2. The minimum absolute atomic E-state index is 0.0885. The van der Waals surface area contributed by atoms with E-state index in [0.717, 1.165) is 16.0 Å². The Kier molecular flexibility index (Phi) is 6.01. The van der Waals surface area contributed by atoms with Crippen LogP contribution in [0.25, 0.3) is 21.3 Å². The summed E-state index contributed by atoms with van der Waals surface area (Å²) in [5.74, 6) is -0.113. The van der Waals surface area contributed by atoms with Crippen molar-refractivity contribution in [2.24, 2.45) is 0 Å². The number of thiophene rings is 1. The van der Waals surface area contributed by atoms with Crippen molar-refractivity contribution in [1.82, 2.24) is 9.97 Å². The van der Waals surface area contributed by atoms with Gasteiger partial charge in [-0.05, 0) is 36.8 Å². The van der Waals surface area contributed by atoms with Crippen LogP contribution in [0.3, 0.4) is 0 Å². The summed E-state index contributed by atoms with van der Waals surface area (Å²) in [6.07, 6.45) is 0. The van der Waals surface area contributed by atoms with Crippen molar-refractivity contribution in [3.05, 3.63) is 75.4 Å². The number of nitrogens with zero attached hydrogens (tertiary/aromatic N) is 1. The van der Waals surface area contributed by atoms with Gasteiger partial charge in [-0.3, -0.25) is 14.4 Å². The van der Waals surface area contributed by atoms with Gasteiger partial charge in [0.2, 0.25) is 5.91 Å². The number of H-pyrrole nitrogens is 1. The molecule has 31 heavy (non-hydrogen) atoms. The number of Topliss-reactive ketones (excluding diaryl/α,β-unsaturated/α-hetero) is 1. The molecule has 156 valence electrons. The van der Waals surface area contributed by atoms with E-state index in [1.807, 2.05) is 37.3 Å². The molecule has 0 aliphatic heterocycles. The van der Waals surface area contributed by atoms with Gasteiger partial charge in [-0.1, -0.05) is 42.1 Å². The van der Waals surface area contributed by atoms with E-state index >= 15 is 0 Å². The van der Waals surface area contributed by atoms with Gasteiger partial charge >= 0.3 is 0 Å². The van der Waals surface area contributed by atoms with Crippen LogP contribution < -0.4 is 10.9 Å². The normalized spacial score (nSPS) is 10.9. The molecule has 8 heteroatoms. The number of hydrogen-bond donors (Lipinski definition) is 2. The highest BCUT2D eigenvalue weighted by Gasteiger charge is 2.17. The van der Waals surface area contributed by atoms with E-state index in [1.54, 1.807) is 24.3 Å². The summed E-state index contributed by atoms with van der Waals surface area (Å²) in [5, 5.41) is 3.67. The Morgan fingerprint density at radius 1 is 1.10 bits per heavy atom. The lowest BCUT2D eigenvalue weighted by Crippen LogP contribution is -2.10. The van der Waals surface area contributed by atoms with Crippen molar-refractivity contribution in [3.8, 4) is 11.1 Å². The number of hydrogen-bond acceptors (Lipinski definition) is 6. The Morgan fingerprint density at radius 3 is 2.48 bits per heavy atom. The molecule has 4 rings (SSSR count). The van der Waals surface area contributed by atoms with Crippen molar-refractivity contribution < 1.29 is 9.59 Å². The first-order valence-corrected chi connectivity index (χ1v) is 11.3. The van der Waals surface area contributed by atoms with Crippen LogP contribution in [-0.2, 0) is 4.79 Å². The summed E-state index contributed by atoms with van der Waals surface area (Å²) in [4.78, 5) is 45.5. The van der Waals surface area contributed by atoms with Gasteiger partial charge in [0.15, 0.2) is 10.9 Å². The molecule has 0 bridgehead atoms. The van der Waals surface area contributed by atoms with Gasteiger partial charge in [0.1, 0.15) is 4.83 Å². The minimum atomic E-state index is -0.206. The Bertz CT molecular complexity index is 1330. The molecule has 2 N–H and O–H groups in total. The fourth-order valence-electron chi connectivity index (χ4n) is 3.28. The van der Waals surface area contributed by atoms with Crippen LogP contribution in [0.1, 0.15) is 22.2 Å². The summed E-state index contributed by atoms with van der Waals surface area (Å²) in [6, 6.07) is 16.5. The van der Waals surface area contributed by atoms with Crippen LogP contribution in [0, 0.1) is 6.92 Å². The maximum Gasteiger partial charge on any atom is 0.260 e. The molecule has 2 aromatic heterocycles. The zero-order valence-electron chi connectivity index (χ0n) is 16.9. The molecule has 0 aliphatic rings. The van der Waals surface area contributed by atoms with E-state index < -0.39 is 0 Å². The first kappa shape index (κ1) is 21.0. The fraction of sp³-hybridized carbons (Fsp3) is 0.130. The van der Waals surface area contributed by atoms with Crippen molar-refractivity contribution in [3.63, 3.8) is 0 Å². The molecule has 0 atom stereocenters. The van der Waals surface area contributed by atoms with Gasteiger partial charge in [-0.25, -0.2) is 4.98 Å². The molecule has 0 radical (unpaired) electrons. The number of fused-ring (bicyclic) bond motifs is 1. The fourth-order valence-corrected chi connectivity index (χ4v) is 5.14. The molecular weight excluding hydrogens is 430 g/mol. The van der Waals surface area contributed by atoms with Gasteiger partial charge in [-0.2, -0.15) is 0 Å². The van der Waals surface area contributed by atoms with Crippen molar-refractivity contribution >= 4 is 50.7 Å². The second kappa shape index (κ2) is 8.87. The Labute approximate surface area is 186 Å². The molecule has 2 heterocycles. The molecule has 4 aromatic rings. The number of anilines is 1. The summed E-state index contributed by atoms with van der Waals surface area (Å²) in [5.41, 5.74) is 2.85. The Hall–Kier alpha value is -3.23. The molecular formula is C23H19N3O3S2. The summed E-state index contributed by atoms with van der Waals surface area (Å²) < 4.78 is 0. The molecule has 0 aliphatic carbocycles. The monoisotopic (exact) mass is 449 g/mol. The number of benzene rings is 2. The Balaban J connectivity index is 1.54. The van der Waals surface area contributed by atoms with Crippen LogP contribution in [0.2, 0.25) is 0 Å². The number of aromatic amines is 1. The molecule has 0 saturated heterocycles. The number of carbonyl (C=O) groups is 2. The number of aromatic nitrogens is 2. The minimum Gasteiger partial charge on any atom is -0.326 e. The standard InChI is InChI=1S/C23H19N3O3S2/c1-13-19(16-6-4-3-5-7-16)20-21(29)25-23(26-22(20)31-13)30-12-18(28)15-8-10-17(11-9-15)24-14(2)27/h3-11H,12H2,1-2H3,(H,24,27)(H,25,26,29). The highest BCUT2D eigenvalue weighted by Crippen LogP contribution is 2.35. The first-order chi connectivity index (χ1) is 14.9. The third-order valence-corrected chi connectivity index (χ3v) is 6.52. The van der Waals surface area contributed by atoms with E-state index in [2.05, 4.69) is 15.3 Å². The summed E-state index contributed by atoms with van der Waals surface area (Å²) >= 11 is 2.67. The third kappa shape index (κ3) is 4.60. The number of ketones is 1. The largest absolute Gasteiger partial charge is 0.326 e. The first-order valence-electron chi connectivity index (χ1n) is 9.55. The van der Waals surface area contributed by atoms with Crippen LogP contribution in [0.5, 0.6) is 0 Å². The van der Waals surface area contributed by atoms with Crippen molar-refractivity contribution in [2.75, 3.05) is 11.1 Å². The molecule has 0 spiro atoms. The quantitative estimate of drug-likeness (QED) is 0.248. The van der Waals surface area contributed by atoms with Crippen molar-refractivity contribution in [2.45, 2.75) is 19.0 Å². The SMILES string of the molecule is CC(=O)Nc1ccc(C(=O)CSc2nc3sc(C)c(-c4ccccc4)c3c(=O)[nH]2)cc1. The van der Waals surface area contributed by atoms with E-state index in [9.17, 15) is 14.4 Å². The van der Waals surface area contributed by atoms with Gasteiger partial charge in [0, 0.05) is 28.6 Å². The smallest absolute Gasteiger partial charge is 0.260 e. The van der Waals surface area contributed by atoms with Crippen LogP contribution in [0.4, 0.5) is 5.69 Å². The summed E-state index contributed by atoms with van der Waals surface area (Å²) in [6.45, 7) is 3.41. The predicted octanol–water partition coefficient (Wildman–Crippen LogP) is 4.89. The van der Waals surface area contributed by atoms with E-state index in [1.165, 1.54) is 30.0 Å². The number of aryl methyl sites for hydroxylation is 1. The van der Waals surface area contributed by atoms with E-state index in [0.29, 0.717) is 26.6 Å². The Morgan fingerprint density at radius 2 is 1.81 bits per heavy atom. The molecule has 0 fully saturated rings. The molecule has 0 unspecified atom stereocenters. The van der Waals surface area contributed by atoms with Gasteiger partial charge < -0.3 is 10.3 Å². The number of nitrogens with one attached hydrogen (secondary N) is 2. The number of amides is 1. The lowest BCUT2D eigenvalue weighted by atomic mass is 10.0. The maximum atomic E-state index is 12.8. The topological polar surface area (TPSA) is 91.9 Å². The lowest BCUT2D eigenvalue weighted by Gasteiger charge is -2.05. The second-order valence-electron chi connectivity index (χ2n) is 6.92. The van der Waals surface area contributed by atoms with Crippen molar-refractivity contribution in [1.29, 1.82) is 0 Å². The van der Waals surface area contributed by atoms with Crippen LogP contribution in [0.15, 0.2) is 64.5 Å². The summed E-state index contributed by atoms with van der Waals surface area (Å²) in [7, 11) is 0. The molecule has 6 nitrogen and oxygen atoms in total. The van der Waals surface area contributed by atoms with E-state index in [-0.39, 0.29) is 23.0 Å². The zero-order chi connectivity index (χ0) is 22.0. The number of thioether (sulfide) groups is 1. The number of carbonyl (C=O) groups excluding carboxylic acids is 2. The molecule has 0 saturated carbocycles. The maximum absolute atomic E-state index is 12.8. The molecule has 2 aromatic carbocycles.